The zero-order chi connectivity index (χ0) is 22.9. The largest absolute Gasteiger partial charge is 0.459 e. The van der Waals surface area contributed by atoms with Gasteiger partial charge in [0.25, 0.3) is 0 Å². The van der Waals surface area contributed by atoms with E-state index >= 15 is 0 Å². The summed E-state index contributed by atoms with van der Waals surface area (Å²) in [6.45, 7) is 4.42. The van der Waals surface area contributed by atoms with Crippen molar-refractivity contribution in [1.82, 2.24) is 4.90 Å². The van der Waals surface area contributed by atoms with Crippen LogP contribution < -0.4 is 0 Å². The van der Waals surface area contributed by atoms with E-state index in [0.29, 0.717) is 24.1 Å². The Balaban J connectivity index is 1.46. The fraction of sp³-hybridized carbons (Fsp3) is 0.538. The lowest BCUT2D eigenvalue weighted by Crippen LogP contribution is -2.44. The van der Waals surface area contributed by atoms with Crippen LogP contribution in [-0.4, -0.2) is 46.7 Å². The van der Waals surface area contributed by atoms with Gasteiger partial charge in [0.1, 0.15) is 4.88 Å². The van der Waals surface area contributed by atoms with Crippen LogP contribution in [0.2, 0.25) is 0 Å². The van der Waals surface area contributed by atoms with Crippen LogP contribution in [0.25, 0.3) is 0 Å². The monoisotopic (exact) mass is 457 g/mol. The number of carbonyl (C=O) groups excluding carboxylic acids is 2. The van der Waals surface area contributed by atoms with Crippen LogP contribution in [0, 0.1) is 0 Å². The number of hydrogen-bond donors (Lipinski definition) is 1. The topological polar surface area (TPSA) is 66.8 Å². The molecule has 6 heteroatoms. The van der Waals surface area contributed by atoms with Crippen molar-refractivity contribution in [2.24, 2.45) is 0 Å². The average Bonchev–Trinajstić information content (AvgIpc) is 3.23. The second-order valence-corrected chi connectivity index (χ2v) is 10.0. The molecule has 1 aromatic heterocycles. The minimum Gasteiger partial charge on any atom is -0.459 e. The standard InChI is InChI=1S/C26H35NO4S/c1-19(2)31-26(30)24-16-15-23(32-24)11-7-17-27-21(10-6-12-25(27)29)13-14-22(28)18-20-8-4-3-5-9-20/h3-5,8-9,15-16,19,21-22,28H,6-7,10-14,17-18H2,1-2H3. The highest BCUT2D eigenvalue weighted by Crippen LogP contribution is 2.25. The Morgan fingerprint density at radius 3 is 2.75 bits per heavy atom. The van der Waals surface area contributed by atoms with Crippen LogP contribution in [0.3, 0.4) is 0 Å². The molecule has 1 fully saturated rings. The first-order valence-corrected chi connectivity index (χ1v) is 12.5. The summed E-state index contributed by atoms with van der Waals surface area (Å²) in [4.78, 5) is 28.4. The first kappa shape index (κ1) is 24.5. The summed E-state index contributed by atoms with van der Waals surface area (Å²) in [5.41, 5.74) is 1.14. The van der Waals surface area contributed by atoms with Crippen molar-refractivity contribution in [3.05, 3.63) is 57.8 Å². The minimum absolute atomic E-state index is 0.124. The number of likely N-dealkylation sites (tertiary alicyclic amines) is 1. The zero-order valence-electron chi connectivity index (χ0n) is 19.2. The lowest BCUT2D eigenvalue weighted by molar-refractivity contribution is -0.136. The van der Waals surface area contributed by atoms with E-state index in [2.05, 4.69) is 0 Å². The van der Waals surface area contributed by atoms with Gasteiger partial charge in [0.15, 0.2) is 0 Å². The Morgan fingerprint density at radius 1 is 1.22 bits per heavy atom. The van der Waals surface area contributed by atoms with Crippen molar-refractivity contribution in [2.45, 2.75) is 83.5 Å². The molecule has 0 aliphatic carbocycles. The molecule has 1 aliphatic heterocycles. The van der Waals surface area contributed by atoms with E-state index in [1.807, 2.05) is 61.2 Å². The molecule has 2 aromatic rings. The molecule has 1 aliphatic rings. The molecule has 0 saturated carbocycles. The molecule has 2 unspecified atom stereocenters. The third-order valence-corrected chi connectivity index (χ3v) is 6.99. The lowest BCUT2D eigenvalue weighted by atomic mass is 9.94. The van der Waals surface area contributed by atoms with Crippen LogP contribution >= 0.6 is 11.3 Å². The summed E-state index contributed by atoms with van der Waals surface area (Å²) in [6.07, 6.45) is 5.96. The molecule has 32 heavy (non-hydrogen) atoms. The van der Waals surface area contributed by atoms with E-state index in [0.717, 1.165) is 49.1 Å². The maximum Gasteiger partial charge on any atom is 0.348 e. The molecule has 3 rings (SSSR count). The van der Waals surface area contributed by atoms with E-state index in [1.165, 1.54) is 11.3 Å². The number of carbonyl (C=O) groups is 2. The van der Waals surface area contributed by atoms with Crippen LogP contribution in [-0.2, 0) is 22.4 Å². The molecule has 2 atom stereocenters. The highest BCUT2D eigenvalue weighted by atomic mass is 32.1. The molecule has 5 nitrogen and oxygen atoms in total. The number of thiophene rings is 1. The van der Waals surface area contributed by atoms with Crippen molar-refractivity contribution in [3.63, 3.8) is 0 Å². The number of rotatable bonds is 11. The van der Waals surface area contributed by atoms with Crippen LogP contribution in [0.15, 0.2) is 42.5 Å². The van der Waals surface area contributed by atoms with Gasteiger partial charge in [-0.1, -0.05) is 30.3 Å². The van der Waals surface area contributed by atoms with Gasteiger partial charge in [-0.25, -0.2) is 4.79 Å². The summed E-state index contributed by atoms with van der Waals surface area (Å²) < 4.78 is 5.26. The Morgan fingerprint density at radius 2 is 2.00 bits per heavy atom. The Hall–Kier alpha value is -2.18. The lowest BCUT2D eigenvalue weighted by Gasteiger charge is -2.36. The maximum atomic E-state index is 12.6. The number of aryl methyl sites for hydroxylation is 1. The highest BCUT2D eigenvalue weighted by molar-refractivity contribution is 7.13. The van der Waals surface area contributed by atoms with Crippen LogP contribution in [0.1, 0.15) is 72.5 Å². The fourth-order valence-electron chi connectivity index (χ4n) is 4.29. The molecule has 1 saturated heterocycles. The molecule has 174 valence electrons. The molecule has 0 spiro atoms. The summed E-state index contributed by atoms with van der Waals surface area (Å²) in [5, 5.41) is 10.5. The summed E-state index contributed by atoms with van der Waals surface area (Å²) in [7, 11) is 0. The third kappa shape index (κ3) is 7.45. The highest BCUT2D eigenvalue weighted by Gasteiger charge is 2.28. The number of esters is 1. The summed E-state index contributed by atoms with van der Waals surface area (Å²) >= 11 is 1.48. The number of benzene rings is 1. The number of aliphatic hydroxyl groups excluding tert-OH is 1. The van der Waals surface area contributed by atoms with Crippen molar-refractivity contribution in [2.75, 3.05) is 6.54 Å². The molecule has 0 bridgehead atoms. The van der Waals surface area contributed by atoms with E-state index < -0.39 is 0 Å². The summed E-state index contributed by atoms with van der Waals surface area (Å²) in [5.74, 6) is -0.0391. The second-order valence-electron chi connectivity index (χ2n) is 8.88. The van der Waals surface area contributed by atoms with Crippen LogP contribution in [0.5, 0.6) is 0 Å². The SMILES string of the molecule is CC(C)OC(=O)c1ccc(CCCN2C(=O)CCCC2CCC(O)Cc2ccccc2)s1. The van der Waals surface area contributed by atoms with E-state index in [-0.39, 0.29) is 30.1 Å². The molecule has 0 radical (unpaired) electrons. The van der Waals surface area contributed by atoms with E-state index in [1.54, 1.807) is 0 Å². The first-order chi connectivity index (χ1) is 15.4. The Kier molecular flexibility index (Phi) is 9.30. The second kappa shape index (κ2) is 12.2. The smallest absolute Gasteiger partial charge is 0.348 e. The van der Waals surface area contributed by atoms with Gasteiger partial charge in [0.2, 0.25) is 5.91 Å². The van der Waals surface area contributed by atoms with Gasteiger partial charge in [-0.15, -0.1) is 11.3 Å². The van der Waals surface area contributed by atoms with Gasteiger partial charge >= 0.3 is 5.97 Å². The zero-order valence-corrected chi connectivity index (χ0v) is 20.0. The van der Waals surface area contributed by atoms with Crippen molar-refractivity contribution in [1.29, 1.82) is 0 Å². The normalized spacial score (nSPS) is 17.6. The molecular formula is C26H35NO4S. The predicted molar refractivity (Wildman–Crippen MR) is 128 cm³/mol. The maximum absolute atomic E-state index is 12.6. The Labute approximate surface area is 195 Å². The molecular weight excluding hydrogens is 422 g/mol. The van der Waals surface area contributed by atoms with Crippen molar-refractivity contribution in [3.8, 4) is 0 Å². The first-order valence-electron chi connectivity index (χ1n) is 11.7. The quantitative estimate of drug-likeness (QED) is 0.482. The van der Waals surface area contributed by atoms with Gasteiger partial charge < -0.3 is 14.7 Å². The summed E-state index contributed by atoms with van der Waals surface area (Å²) in [6, 6.07) is 14.1. The number of ether oxygens (including phenoxy) is 1. The third-order valence-electron chi connectivity index (χ3n) is 5.86. The number of aliphatic hydroxyl groups is 1. The predicted octanol–water partition coefficient (Wildman–Crippen LogP) is 5.01. The van der Waals surface area contributed by atoms with Crippen molar-refractivity contribution < 1.29 is 19.4 Å². The van der Waals surface area contributed by atoms with E-state index in [4.69, 9.17) is 4.74 Å². The molecule has 1 aromatic carbocycles. The van der Waals surface area contributed by atoms with Crippen molar-refractivity contribution >= 4 is 23.2 Å². The fourth-order valence-corrected chi connectivity index (χ4v) is 5.22. The van der Waals surface area contributed by atoms with E-state index in [9.17, 15) is 14.7 Å². The molecule has 1 amide bonds. The van der Waals surface area contributed by atoms with Gasteiger partial charge in [-0.3, -0.25) is 4.79 Å². The van der Waals surface area contributed by atoms with Crippen LogP contribution in [0.4, 0.5) is 0 Å². The van der Waals surface area contributed by atoms with Gasteiger partial charge in [0, 0.05) is 23.9 Å². The van der Waals surface area contributed by atoms with Gasteiger partial charge in [0.05, 0.1) is 12.2 Å². The number of hydrogen-bond acceptors (Lipinski definition) is 5. The van der Waals surface area contributed by atoms with Gasteiger partial charge in [-0.05, 0) is 76.5 Å². The number of piperidine rings is 1. The number of nitrogens with zero attached hydrogens (tertiary/aromatic N) is 1. The number of amides is 1. The Bertz CT molecular complexity index is 864. The molecule has 1 N–H and O–H groups in total. The average molecular weight is 458 g/mol. The molecule has 2 heterocycles. The van der Waals surface area contributed by atoms with Gasteiger partial charge in [-0.2, -0.15) is 0 Å². The minimum atomic E-state index is -0.383.